The normalized spacial score (nSPS) is 12.6. The van der Waals surface area contributed by atoms with Crippen LogP contribution in [0.5, 0.6) is 0 Å². The van der Waals surface area contributed by atoms with E-state index in [2.05, 4.69) is 55.4 Å². The summed E-state index contributed by atoms with van der Waals surface area (Å²) in [5, 5.41) is 0. The van der Waals surface area contributed by atoms with E-state index in [4.69, 9.17) is 28.7 Å². The van der Waals surface area contributed by atoms with Crippen molar-refractivity contribution in [1.82, 2.24) is 0 Å². The molecule has 0 aliphatic rings. The standard InChI is InChI=1S/C58H70O10/c1-38(2)47-21-11-43(12-22-47)34-63-54(59)32-51(56(61)65-36-45-15-25-49(26-16-45)40(5)6)31-42-19-29-52(30-20-42)58(9,10)68-67-53(57(62)66-37-46-17-27-50(28-18-46)41(7)8)33-55(60)64-35-44-13-23-48(24-14-44)39(3)4/h11-30,38-41,51,53H,31-37H2,1-10H3. The van der Waals surface area contributed by atoms with Gasteiger partial charge in [-0.15, -0.1) is 0 Å². The summed E-state index contributed by atoms with van der Waals surface area (Å²) in [4.78, 5) is 65.4. The van der Waals surface area contributed by atoms with Crippen molar-refractivity contribution in [2.75, 3.05) is 0 Å². The highest BCUT2D eigenvalue weighted by Crippen LogP contribution is 2.28. The molecular weight excluding hydrogens is 857 g/mol. The Balaban J connectivity index is 1.25. The molecule has 0 saturated carbocycles. The Morgan fingerprint density at radius 1 is 0.412 bits per heavy atom. The third-order valence-corrected chi connectivity index (χ3v) is 12.0. The largest absolute Gasteiger partial charge is 0.461 e. The van der Waals surface area contributed by atoms with E-state index < -0.39 is 47.9 Å². The third-order valence-electron chi connectivity index (χ3n) is 12.0. The third kappa shape index (κ3) is 16.6. The molecule has 10 heteroatoms. The molecular formula is C58H70O10. The average Bonchev–Trinajstić information content (AvgIpc) is 3.32. The molecule has 0 amide bonds. The lowest BCUT2D eigenvalue weighted by molar-refractivity contribution is -0.377. The number of hydrogen-bond acceptors (Lipinski definition) is 10. The molecule has 0 aliphatic heterocycles. The van der Waals surface area contributed by atoms with E-state index >= 15 is 0 Å². The van der Waals surface area contributed by atoms with Gasteiger partial charge in [-0.1, -0.05) is 177 Å². The first-order valence-electron chi connectivity index (χ1n) is 23.8. The van der Waals surface area contributed by atoms with Crippen molar-refractivity contribution in [1.29, 1.82) is 0 Å². The molecule has 0 bridgehead atoms. The van der Waals surface area contributed by atoms with Gasteiger partial charge in [-0.25, -0.2) is 14.6 Å². The van der Waals surface area contributed by atoms with E-state index in [1.807, 2.05) is 121 Å². The molecule has 0 saturated heterocycles. The Morgan fingerprint density at radius 3 is 1.10 bits per heavy atom. The van der Waals surface area contributed by atoms with Crippen LogP contribution in [0, 0.1) is 5.92 Å². The Bertz CT molecular complexity index is 2360. The second-order valence-electron chi connectivity index (χ2n) is 19.3. The summed E-state index contributed by atoms with van der Waals surface area (Å²) >= 11 is 0. The highest BCUT2D eigenvalue weighted by Gasteiger charge is 2.32. The SMILES string of the molecule is CC(C)c1ccc(COC(=O)CC(Cc2ccc(C(C)(C)OOC(CC(=O)OCc3ccc(C(C)C)cc3)C(=O)OCc3ccc(C(C)C)cc3)cc2)C(=O)OCc2ccc(C(C)C)cc2)cc1. The lowest BCUT2D eigenvalue weighted by Gasteiger charge is -2.27. The highest BCUT2D eigenvalue weighted by atomic mass is 17.2. The van der Waals surface area contributed by atoms with Gasteiger partial charge in [-0.3, -0.25) is 14.4 Å². The first kappa shape index (κ1) is 52.9. The van der Waals surface area contributed by atoms with E-state index in [9.17, 15) is 19.2 Å². The van der Waals surface area contributed by atoms with Crippen molar-refractivity contribution in [3.05, 3.63) is 177 Å². The van der Waals surface area contributed by atoms with Crippen LogP contribution in [0.25, 0.3) is 0 Å². The number of hydrogen-bond donors (Lipinski definition) is 0. The molecule has 2 unspecified atom stereocenters. The zero-order chi connectivity index (χ0) is 49.4. The first-order chi connectivity index (χ1) is 32.4. The molecule has 5 rings (SSSR count). The summed E-state index contributed by atoms with van der Waals surface area (Å²) in [6.45, 7) is 20.6. The summed E-state index contributed by atoms with van der Waals surface area (Å²) in [5.41, 5.74) is 8.34. The fourth-order valence-corrected chi connectivity index (χ4v) is 7.26. The van der Waals surface area contributed by atoms with Crippen molar-refractivity contribution in [2.24, 2.45) is 5.92 Å². The Morgan fingerprint density at radius 2 is 0.735 bits per heavy atom. The highest BCUT2D eigenvalue weighted by molar-refractivity contribution is 5.82. The smallest absolute Gasteiger partial charge is 0.339 e. The van der Waals surface area contributed by atoms with Gasteiger partial charge in [0.2, 0.25) is 6.10 Å². The van der Waals surface area contributed by atoms with E-state index in [1.165, 1.54) is 16.7 Å². The monoisotopic (exact) mass is 926 g/mol. The molecule has 0 spiro atoms. The Kier molecular flexibility index (Phi) is 19.7. The Labute approximate surface area is 403 Å². The molecule has 2 atom stereocenters. The summed E-state index contributed by atoms with van der Waals surface area (Å²) in [6.07, 6.45) is -1.84. The minimum atomic E-state index is -1.43. The zero-order valence-electron chi connectivity index (χ0n) is 41.5. The van der Waals surface area contributed by atoms with Crippen LogP contribution in [0.3, 0.4) is 0 Å². The molecule has 0 aliphatic carbocycles. The van der Waals surface area contributed by atoms with Crippen LogP contribution >= 0.6 is 0 Å². The van der Waals surface area contributed by atoms with Gasteiger partial charge in [0.05, 0.1) is 18.8 Å². The zero-order valence-corrected chi connectivity index (χ0v) is 41.5. The van der Waals surface area contributed by atoms with Crippen LogP contribution in [-0.4, -0.2) is 30.0 Å². The lowest BCUT2D eigenvalue weighted by atomic mass is 9.92. The van der Waals surface area contributed by atoms with Gasteiger partial charge in [-0.2, -0.15) is 0 Å². The number of ether oxygens (including phenoxy) is 4. The quantitative estimate of drug-likeness (QED) is 0.0256. The maximum absolute atomic E-state index is 13.7. The van der Waals surface area contributed by atoms with Crippen molar-refractivity contribution in [3.63, 3.8) is 0 Å². The molecule has 5 aromatic carbocycles. The maximum atomic E-state index is 13.7. The summed E-state index contributed by atoms with van der Waals surface area (Å²) < 4.78 is 22.6. The number of rotatable bonds is 24. The average molecular weight is 927 g/mol. The fourth-order valence-electron chi connectivity index (χ4n) is 7.26. The Hall–Kier alpha value is -6.10. The summed E-state index contributed by atoms with van der Waals surface area (Å²) in [6, 6.07) is 38.8. The maximum Gasteiger partial charge on any atom is 0.339 e. The fraction of sp³-hybridized carbons (Fsp3) is 0.414. The summed E-state index contributed by atoms with van der Waals surface area (Å²) in [7, 11) is 0. The number of benzene rings is 5. The number of carbonyl (C=O) groups excluding carboxylic acids is 4. The van der Waals surface area contributed by atoms with Gasteiger partial charge in [0, 0.05) is 0 Å². The van der Waals surface area contributed by atoms with Gasteiger partial charge in [0.25, 0.3) is 0 Å². The molecule has 0 fully saturated rings. The first-order valence-corrected chi connectivity index (χ1v) is 23.8. The predicted molar refractivity (Wildman–Crippen MR) is 263 cm³/mol. The van der Waals surface area contributed by atoms with Crippen molar-refractivity contribution >= 4 is 23.9 Å². The molecule has 0 aromatic heterocycles. The van der Waals surface area contributed by atoms with Crippen LogP contribution in [-0.2, 0) is 86.4 Å². The topological polar surface area (TPSA) is 124 Å². The van der Waals surface area contributed by atoms with Crippen molar-refractivity contribution in [2.45, 2.75) is 150 Å². The van der Waals surface area contributed by atoms with Gasteiger partial charge in [0.1, 0.15) is 32.0 Å². The molecule has 10 nitrogen and oxygen atoms in total. The van der Waals surface area contributed by atoms with Crippen molar-refractivity contribution in [3.8, 4) is 0 Å². The van der Waals surface area contributed by atoms with E-state index in [0.717, 1.165) is 33.4 Å². The number of carbonyl (C=O) groups is 4. The predicted octanol–water partition coefficient (Wildman–Crippen LogP) is 12.6. The van der Waals surface area contributed by atoms with Crippen LogP contribution in [0.1, 0.15) is 161 Å². The van der Waals surface area contributed by atoms with Crippen molar-refractivity contribution < 1.29 is 47.9 Å². The van der Waals surface area contributed by atoms with Gasteiger partial charge >= 0.3 is 23.9 Å². The molecule has 5 aromatic rings. The molecule has 362 valence electrons. The van der Waals surface area contributed by atoms with Gasteiger partial charge < -0.3 is 18.9 Å². The lowest BCUT2D eigenvalue weighted by Crippen LogP contribution is -2.33. The van der Waals surface area contributed by atoms with E-state index in [0.29, 0.717) is 29.2 Å². The van der Waals surface area contributed by atoms with Gasteiger partial charge in [0.15, 0.2) is 0 Å². The molecule has 0 radical (unpaired) electrons. The van der Waals surface area contributed by atoms with Crippen LogP contribution in [0.4, 0.5) is 0 Å². The van der Waals surface area contributed by atoms with Gasteiger partial charge in [-0.05, 0) is 99.6 Å². The van der Waals surface area contributed by atoms with E-state index in [1.54, 1.807) is 13.8 Å². The molecule has 68 heavy (non-hydrogen) atoms. The minimum absolute atomic E-state index is 0.0247. The second-order valence-corrected chi connectivity index (χ2v) is 19.3. The molecule has 0 heterocycles. The minimum Gasteiger partial charge on any atom is -0.461 e. The van der Waals surface area contributed by atoms with Crippen LogP contribution < -0.4 is 0 Å². The number of esters is 4. The van der Waals surface area contributed by atoms with Crippen LogP contribution in [0.2, 0.25) is 0 Å². The van der Waals surface area contributed by atoms with E-state index in [-0.39, 0.29) is 39.3 Å². The summed E-state index contributed by atoms with van der Waals surface area (Å²) in [5.74, 6) is -1.81. The molecule has 0 N–H and O–H groups in total. The second kappa shape index (κ2) is 25.3. The van der Waals surface area contributed by atoms with Crippen LogP contribution in [0.15, 0.2) is 121 Å².